The molecule has 0 saturated carbocycles. The molecule has 0 rings (SSSR count). The van der Waals surface area contributed by atoms with Crippen molar-refractivity contribution in [2.45, 2.75) is 174 Å². The van der Waals surface area contributed by atoms with Crippen LogP contribution in [-0.4, -0.2) is 70.0 Å². The highest BCUT2D eigenvalue weighted by Crippen LogP contribution is 2.38. The maximum Gasteiger partial charge on any atom is 0.306 e. The number of hydrogen-bond donors (Lipinski definition) is 0. The summed E-state index contributed by atoms with van der Waals surface area (Å²) in [6.45, 7) is 3.99. The summed E-state index contributed by atoms with van der Waals surface area (Å²) in [6.07, 6.45) is 65.2. The van der Waals surface area contributed by atoms with Gasteiger partial charge in [-0.15, -0.1) is 0 Å². The van der Waals surface area contributed by atoms with Crippen molar-refractivity contribution in [2.24, 2.45) is 0 Å². The number of quaternary nitrogens is 1. The highest BCUT2D eigenvalue weighted by atomic mass is 31.2. The SMILES string of the molecule is CC/C=C\C/C=C\C/C=C\C/C=C\C/C=C\C/C=C\C/C=C\C/C=C\CCCCC(=O)OC(COC(=O)CCCCCCC/C=C\C/C=C\CCCCC)COP(=O)([O-])OCC[N+](C)(C)C. The molecule has 0 aliphatic heterocycles. The molecule has 9 nitrogen and oxygen atoms in total. The van der Waals surface area contributed by atoms with E-state index in [4.69, 9.17) is 18.5 Å². The molecule has 2 unspecified atom stereocenters. The fraction of sp³-hybridized carbons (Fsp3) is 0.607. The molecular weight excluding hydrogens is 846 g/mol. The minimum Gasteiger partial charge on any atom is -0.756 e. The van der Waals surface area contributed by atoms with Crippen molar-refractivity contribution in [2.75, 3.05) is 47.5 Å². The van der Waals surface area contributed by atoms with E-state index >= 15 is 0 Å². The molecule has 0 heterocycles. The van der Waals surface area contributed by atoms with E-state index in [2.05, 4.69) is 135 Å². The first-order chi connectivity index (χ1) is 32.0. The van der Waals surface area contributed by atoms with Crippen LogP contribution in [0.2, 0.25) is 0 Å². The molecule has 0 aromatic carbocycles. The number of unbranched alkanes of at least 4 members (excludes halogenated alkanes) is 10. The minimum absolute atomic E-state index is 0.0493. The number of rotatable bonds is 44. The lowest BCUT2D eigenvalue weighted by Crippen LogP contribution is -2.37. The molecule has 66 heavy (non-hydrogen) atoms. The van der Waals surface area contributed by atoms with E-state index in [0.717, 1.165) is 103 Å². The van der Waals surface area contributed by atoms with Crippen molar-refractivity contribution >= 4 is 19.8 Å². The molecule has 0 fully saturated rings. The number of esters is 2. The smallest absolute Gasteiger partial charge is 0.306 e. The minimum atomic E-state index is -4.65. The van der Waals surface area contributed by atoms with Crippen molar-refractivity contribution in [3.63, 3.8) is 0 Å². The normalized spacial score (nSPS) is 14.5. The fourth-order valence-corrected chi connectivity index (χ4v) is 6.78. The molecule has 0 radical (unpaired) electrons. The summed E-state index contributed by atoms with van der Waals surface area (Å²) in [5.41, 5.74) is 0. The quantitative estimate of drug-likeness (QED) is 0.0195. The highest BCUT2D eigenvalue weighted by molar-refractivity contribution is 7.45. The predicted molar refractivity (Wildman–Crippen MR) is 277 cm³/mol. The molecule has 0 aromatic heterocycles. The Hall–Kier alpha value is -3.59. The summed E-state index contributed by atoms with van der Waals surface area (Å²) in [7, 11) is 1.11. The van der Waals surface area contributed by atoms with E-state index in [1.807, 2.05) is 21.1 Å². The van der Waals surface area contributed by atoms with E-state index in [1.54, 1.807) is 0 Å². The first-order valence-corrected chi connectivity index (χ1v) is 26.7. The van der Waals surface area contributed by atoms with Crippen LogP contribution in [0.25, 0.3) is 0 Å². The van der Waals surface area contributed by atoms with Gasteiger partial charge in [0.2, 0.25) is 0 Å². The molecule has 0 saturated heterocycles. The highest BCUT2D eigenvalue weighted by Gasteiger charge is 2.21. The number of carbonyl (C=O) groups excluding carboxylic acids is 2. The van der Waals surface area contributed by atoms with Crippen LogP contribution in [0.5, 0.6) is 0 Å². The Labute approximate surface area is 403 Å². The summed E-state index contributed by atoms with van der Waals surface area (Å²) in [6, 6.07) is 0. The summed E-state index contributed by atoms with van der Waals surface area (Å²) in [4.78, 5) is 37.7. The van der Waals surface area contributed by atoms with Gasteiger partial charge < -0.3 is 27.9 Å². The van der Waals surface area contributed by atoms with Gasteiger partial charge in [-0.05, 0) is 109 Å². The Bertz CT molecular complexity index is 1530. The number of carbonyl (C=O) groups is 2. The number of hydrogen-bond acceptors (Lipinski definition) is 8. The van der Waals surface area contributed by atoms with E-state index < -0.39 is 32.5 Å². The second kappa shape index (κ2) is 46.5. The van der Waals surface area contributed by atoms with Crippen LogP contribution in [0.1, 0.15) is 168 Å². The van der Waals surface area contributed by atoms with Gasteiger partial charge in [0.1, 0.15) is 19.8 Å². The van der Waals surface area contributed by atoms with Crippen molar-refractivity contribution in [3.05, 3.63) is 122 Å². The third kappa shape index (κ3) is 49.8. The van der Waals surface area contributed by atoms with Crippen LogP contribution >= 0.6 is 7.82 Å². The van der Waals surface area contributed by atoms with E-state index in [0.29, 0.717) is 23.9 Å². The van der Waals surface area contributed by atoms with Gasteiger partial charge in [-0.2, -0.15) is 0 Å². The topological polar surface area (TPSA) is 111 Å². The van der Waals surface area contributed by atoms with Crippen LogP contribution in [0.15, 0.2) is 122 Å². The third-order valence-electron chi connectivity index (χ3n) is 9.97. The number of ether oxygens (including phenoxy) is 2. The van der Waals surface area contributed by atoms with Crippen molar-refractivity contribution < 1.29 is 42.1 Å². The average molecular weight is 938 g/mol. The molecule has 0 N–H and O–H groups in total. The summed E-state index contributed by atoms with van der Waals surface area (Å²) in [5, 5.41) is 0. The van der Waals surface area contributed by atoms with Crippen LogP contribution in [0.3, 0.4) is 0 Å². The molecule has 0 amide bonds. The van der Waals surface area contributed by atoms with Crippen molar-refractivity contribution in [3.8, 4) is 0 Å². The van der Waals surface area contributed by atoms with Gasteiger partial charge in [0, 0.05) is 12.8 Å². The lowest BCUT2D eigenvalue weighted by atomic mass is 10.1. The maximum absolute atomic E-state index is 12.7. The number of phosphoric ester groups is 1. The molecule has 0 aromatic rings. The molecule has 0 bridgehead atoms. The standard InChI is InChI=1S/C56H92NO8P/c1-6-8-10-12-14-16-18-20-22-23-24-25-26-27-28-29-30-31-32-33-35-37-39-41-43-45-47-49-56(59)65-54(53-64-66(60,61)63-51-50-57(3,4)5)52-62-55(58)48-46-44-42-40-38-36-34-21-19-17-15-13-11-9-7-2/h8,10,14-17,20-22,24-25,27-28,30-31,33-35,39,41,54H,6-7,9,11-13,18-19,23,26,29,32,36-38,40,42-53H2,1-5H3/b10-8-,16-14-,17-15-,22-20-,25-24-,28-27-,31-30-,34-21-,35-33-,41-39-. The van der Waals surface area contributed by atoms with Gasteiger partial charge in [0.15, 0.2) is 6.10 Å². The van der Waals surface area contributed by atoms with Crippen LogP contribution in [0.4, 0.5) is 0 Å². The second-order valence-corrected chi connectivity index (χ2v) is 18.9. The summed E-state index contributed by atoms with van der Waals surface area (Å²) < 4.78 is 33.9. The lowest BCUT2D eigenvalue weighted by Gasteiger charge is -2.28. The molecule has 0 aliphatic carbocycles. The largest absolute Gasteiger partial charge is 0.756 e. The molecular formula is C56H92NO8P. The Morgan fingerprint density at radius 1 is 0.485 bits per heavy atom. The summed E-state index contributed by atoms with van der Waals surface area (Å²) in [5.74, 6) is -0.914. The Morgan fingerprint density at radius 2 is 0.864 bits per heavy atom. The molecule has 2 atom stereocenters. The Balaban J connectivity index is 4.40. The maximum atomic E-state index is 12.7. The summed E-state index contributed by atoms with van der Waals surface area (Å²) >= 11 is 0. The van der Waals surface area contributed by atoms with Crippen molar-refractivity contribution in [1.29, 1.82) is 0 Å². The second-order valence-electron chi connectivity index (χ2n) is 17.4. The zero-order chi connectivity index (χ0) is 48.5. The van der Waals surface area contributed by atoms with Gasteiger partial charge in [-0.25, -0.2) is 0 Å². The molecule has 10 heteroatoms. The number of likely N-dealkylation sites (N-methyl/N-ethyl adjacent to an activating group) is 1. The van der Waals surface area contributed by atoms with Gasteiger partial charge in [-0.1, -0.05) is 167 Å². The fourth-order valence-electron chi connectivity index (χ4n) is 6.05. The monoisotopic (exact) mass is 938 g/mol. The molecule has 0 spiro atoms. The van der Waals surface area contributed by atoms with Gasteiger partial charge in [0.05, 0.1) is 27.7 Å². The first kappa shape index (κ1) is 62.4. The van der Waals surface area contributed by atoms with E-state index in [1.165, 1.54) is 25.7 Å². The third-order valence-corrected chi connectivity index (χ3v) is 10.9. The molecule has 0 aliphatic rings. The van der Waals surface area contributed by atoms with E-state index in [-0.39, 0.29) is 26.1 Å². The van der Waals surface area contributed by atoms with Crippen molar-refractivity contribution in [1.82, 2.24) is 0 Å². The van der Waals surface area contributed by atoms with Crippen LogP contribution in [-0.2, 0) is 32.7 Å². The predicted octanol–water partition coefficient (Wildman–Crippen LogP) is 14.6. The molecule has 374 valence electrons. The number of nitrogens with zero attached hydrogens (tertiary/aromatic N) is 1. The number of allylic oxidation sites excluding steroid dienone is 20. The van der Waals surface area contributed by atoms with Gasteiger partial charge in [0.25, 0.3) is 7.82 Å². The Kier molecular flexibility index (Phi) is 44.0. The van der Waals surface area contributed by atoms with E-state index in [9.17, 15) is 19.0 Å². The zero-order valence-corrected chi connectivity index (χ0v) is 43.0. The lowest BCUT2D eigenvalue weighted by molar-refractivity contribution is -0.870. The average Bonchev–Trinajstić information content (AvgIpc) is 3.27. The zero-order valence-electron chi connectivity index (χ0n) is 42.1. The van der Waals surface area contributed by atoms with Gasteiger partial charge in [-0.3, -0.25) is 14.2 Å². The van der Waals surface area contributed by atoms with Gasteiger partial charge >= 0.3 is 11.9 Å². The first-order valence-electron chi connectivity index (χ1n) is 25.2. The number of phosphoric acid groups is 1. The van der Waals surface area contributed by atoms with Crippen LogP contribution < -0.4 is 4.89 Å². The Morgan fingerprint density at radius 3 is 1.32 bits per heavy atom. The van der Waals surface area contributed by atoms with Crippen LogP contribution in [0, 0.1) is 0 Å².